The van der Waals surface area contributed by atoms with E-state index in [0.29, 0.717) is 0 Å². The first kappa shape index (κ1) is 14.6. The molecule has 0 fully saturated rings. The monoisotopic (exact) mass is 289 g/mol. The Kier molecular flexibility index (Phi) is 4.97. The van der Waals surface area contributed by atoms with E-state index in [-0.39, 0.29) is 25.1 Å². The number of nitrogens with one attached hydrogen (secondary N) is 1. The van der Waals surface area contributed by atoms with Crippen LogP contribution in [-0.2, 0) is 20.9 Å². The third-order valence-corrected chi connectivity index (χ3v) is 2.72. The van der Waals surface area contributed by atoms with Crippen LogP contribution in [0.15, 0.2) is 36.7 Å². The number of ether oxygens (including phenoxy) is 1. The number of carbonyl (C=O) groups is 2. The van der Waals surface area contributed by atoms with Crippen LogP contribution in [-0.4, -0.2) is 38.7 Å². The number of hydrogen-bond donors (Lipinski definition) is 1. The SMILES string of the molecule is C[C@H](NC(=O)COC(=O)Cn1cnnn1)c1ccccc1. The summed E-state index contributed by atoms with van der Waals surface area (Å²) in [5.74, 6) is -0.943. The number of esters is 1. The minimum Gasteiger partial charge on any atom is -0.454 e. The van der Waals surface area contributed by atoms with Gasteiger partial charge in [0.2, 0.25) is 0 Å². The third-order valence-electron chi connectivity index (χ3n) is 2.72. The second-order valence-electron chi connectivity index (χ2n) is 4.37. The van der Waals surface area contributed by atoms with Crippen LogP contribution in [0.4, 0.5) is 0 Å². The summed E-state index contributed by atoms with van der Waals surface area (Å²) >= 11 is 0. The molecule has 110 valence electrons. The Bertz CT molecular complexity index is 585. The molecule has 1 atom stereocenters. The van der Waals surface area contributed by atoms with E-state index in [1.165, 1.54) is 11.0 Å². The number of benzene rings is 1. The summed E-state index contributed by atoms with van der Waals surface area (Å²) in [5, 5.41) is 13.1. The number of hydrogen-bond acceptors (Lipinski definition) is 6. The van der Waals surface area contributed by atoms with E-state index in [9.17, 15) is 9.59 Å². The molecule has 0 aliphatic rings. The molecule has 0 unspecified atom stereocenters. The highest BCUT2D eigenvalue weighted by Crippen LogP contribution is 2.10. The molecule has 0 aliphatic carbocycles. The van der Waals surface area contributed by atoms with Crippen molar-refractivity contribution in [3.05, 3.63) is 42.2 Å². The molecule has 0 saturated heterocycles. The van der Waals surface area contributed by atoms with E-state index >= 15 is 0 Å². The number of tetrazole rings is 1. The molecule has 1 heterocycles. The number of amides is 1. The summed E-state index contributed by atoms with van der Waals surface area (Å²) < 4.78 is 6.06. The van der Waals surface area contributed by atoms with E-state index in [1.54, 1.807) is 0 Å². The third kappa shape index (κ3) is 4.68. The average Bonchev–Trinajstić information content (AvgIpc) is 2.99. The summed E-state index contributed by atoms with van der Waals surface area (Å²) in [7, 11) is 0. The first-order valence-corrected chi connectivity index (χ1v) is 6.36. The molecule has 0 spiro atoms. The maximum Gasteiger partial charge on any atom is 0.328 e. The maximum atomic E-state index is 11.7. The van der Waals surface area contributed by atoms with Crippen LogP contribution in [0.3, 0.4) is 0 Å². The van der Waals surface area contributed by atoms with Crippen molar-refractivity contribution >= 4 is 11.9 Å². The van der Waals surface area contributed by atoms with Gasteiger partial charge in [0, 0.05) is 0 Å². The van der Waals surface area contributed by atoms with Gasteiger partial charge in [-0.2, -0.15) is 0 Å². The van der Waals surface area contributed by atoms with Crippen molar-refractivity contribution in [2.24, 2.45) is 0 Å². The van der Waals surface area contributed by atoms with Crippen LogP contribution < -0.4 is 5.32 Å². The van der Waals surface area contributed by atoms with Gasteiger partial charge >= 0.3 is 5.97 Å². The van der Waals surface area contributed by atoms with Gasteiger partial charge in [0.05, 0.1) is 6.04 Å². The van der Waals surface area contributed by atoms with Crippen LogP contribution in [0.1, 0.15) is 18.5 Å². The van der Waals surface area contributed by atoms with Gasteiger partial charge in [-0.3, -0.25) is 9.59 Å². The molecule has 0 bridgehead atoms. The summed E-state index contributed by atoms with van der Waals surface area (Å²) in [6, 6.07) is 9.35. The van der Waals surface area contributed by atoms with Gasteiger partial charge in [-0.15, -0.1) is 5.10 Å². The molecule has 1 amide bonds. The minimum absolute atomic E-state index is 0.130. The zero-order chi connectivity index (χ0) is 15.1. The lowest BCUT2D eigenvalue weighted by Crippen LogP contribution is -2.31. The molecule has 0 saturated carbocycles. The fourth-order valence-electron chi connectivity index (χ4n) is 1.68. The van der Waals surface area contributed by atoms with Crippen molar-refractivity contribution in [3.8, 4) is 0 Å². The van der Waals surface area contributed by atoms with Crippen molar-refractivity contribution < 1.29 is 14.3 Å². The minimum atomic E-state index is -0.579. The average molecular weight is 289 g/mol. The van der Waals surface area contributed by atoms with Gasteiger partial charge < -0.3 is 10.1 Å². The van der Waals surface area contributed by atoms with E-state index in [1.807, 2.05) is 37.3 Å². The zero-order valence-corrected chi connectivity index (χ0v) is 11.5. The molecule has 1 aromatic carbocycles. The summed E-state index contributed by atoms with van der Waals surface area (Å²) in [5.41, 5.74) is 0.978. The summed E-state index contributed by atoms with van der Waals surface area (Å²) in [4.78, 5) is 23.2. The lowest BCUT2D eigenvalue weighted by atomic mass is 10.1. The van der Waals surface area contributed by atoms with Crippen molar-refractivity contribution in [2.45, 2.75) is 19.5 Å². The smallest absolute Gasteiger partial charge is 0.328 e. The molecular formula is C13H15N5O3. The molecule has 1 aromatic heterocycles. The molecule has 8 heteroatoms. The lowest BCUT2D eigenvalue weighted by Gasteiger charge is -2.14. The number of carbonyl (C=O) groups excluding carboxylic acids is 2. The second-order valence-corrected chi connectivity index (χ2v) is 4.37. The predicted octanol–water partition coefficient (Wildman–Crippen LogP) is 0.0937. The van der Waals surface area contributed by atoms with E-state index < -0.39 is 5.97 Å². The molecule has 0 aliphatic heterocycles. The van der Waals surface area contributed by atoms with Gasteiger partial charge in [0.25, 0.3) is 5.91 Å². The summed E-state index contributed by atoms with van der Waals surface area (Å²) in [6.45, 7) is 1.39. The molecule has 0 radical (unpaired) electrons. The van der Waals surface area contributed by atoms with E-state index in [0.717, 1.165) is 5.56 Å². The van der Waals surface area contributed by atoms with Crippen molar-refractivity contribution in [1.29, 1.82) is 0 Å². The van der Waals surface area contributed by atoms with Gasteiger partial charge in [-0.05, 0) is 22.9 Å². The highest BCUT2D eigenvalue weighted by molar-refractivity contribution is 5.80. The second kappa shape index (κ2) is 7.13. The standard InChI is InChI=1S/C13H15N5O3/c1-10(11-5-3-2-4-6-11)15-12(19)8-21-13(20)7-18-9-14-16-17-18/h2-6,9-10H,7-8H2,1H3,(H,15,19)/t10-/m0/s1. The molecule has 2 rings (SSSR count). The Hall–Kier alpha value is -2.77. The van der Waals surface area contributed by atoms with Crippen LogP contribution in [0.25, 0.3) is 0 Å². The Morgan fingerprint density at radius 2 is 2.10 bits per heavy atom. The van der Waals surface area contributed by atoms with Crippen molar-refractivity contribution in [3.63, 3.8) is 0 Å². The van der Waals surface area contributed by atoms with Crippen molar-refractivity contribution in [2.75, 3.05) is 6.61 Å². The van der Waals surface area contributed by atoms with Crippen LogP contribution in [0.5, 0.6) is 0 Å². The van der Waals surface area contributed by atoms with Gasteiger partial charge in [-0.25, -0.2) is 4.68 Å². The molecule has 8 nitrogen and oxygen atoms in total. The maximum absolute atomic E-state index is 11.7. The topological polar surface area (TPSA) is 99.0 Å². The van der Waals surface area contributed by atoms with Crippen LogP contribution in [0.2, 0.25) is 0 Å². The molecule has 2 aromatic rings. The van der Waals surface area contributed by atoms with Crippen LogP contribution >= 0.6 is 0 Å². The Balaban J connectivity index is 1.73. The first-order chi connectivity index (χ1) is 10.1. The molecule has 1 N–H and O–H groups in total. The first-order valence-electron chi connectivity index (χ1n) is 6.36. The molecular weight excluding hydrogens is 274 g/mol. The quantitative estimate of drug-likeness (QED) is 0.757. The van der Waals surface area contributed by atoms with Crippen LogP contribution in [0, 0.1) is 0 Å². The largest absolute Gasteiger partial charge is 0.454 e. The number of nitrogens with zero attached hydrogens (tertiary/aromatic N) is 4. The normalized spacial score (nSPS) is 11.7. The van der Waals surface area contributed by atoms with E-state index in [2.05, 4.69) is 20.8 Å². The highest BCUT2D eigenvalue weighted by atomic mass is 16.5. The predicted molar refractivity (Wildman–Crippen MR) is 71.8 cm³/mol. The molecule has 21 heavy (non-hydrogen) atoms. The van der Waals surface area contributed by atoms with Crippen molar-refractivity contribution in [1.82, 2.24) is 25.5 Å². The van der Waals surface area contributed by atoms with E-state index in [4.69, 9.17) is 4.74 Å². The fraction of sp³-hybridized carbons (Fsp3) is 0.308. The Morgan fingerprint density at radius 3 is 2.76 bits per heavy atom. The number of aromatic nitrogens is 4. The zero-order valence-electron chi connectivity index (χ0n) is 11.5. The fourth-order valence-corrected chi connectivity index (χ4v) is 1.68. The number of rotatable bonds is 6. The lowest BCUT2D eigenvalue weighted by molar-refractivity contribution is -0.149. The Morgan fingerprint density at radius 1 is 1.33 bits per heavy atom. The van der Waals surface area contributed by atoms with Gasteiger partial charge in [0.15, 0.2) is 6.61 Å². The van der Waals surface area contributed by atoms with Gasteiger partial charge in [-0.1, -0.05) is 30.3 Å². The van der Waals surface area contributed by atoms with Gasteiger partial charge in [0.1, 0.15) is 12.9 Å². The summed E-state index contributed by atoms with van der Waals surface area (Å²) in [6.07, 6.45) is 1.29. The Labute approximate surface area is 121 Å². The highest BCUT2D eigenvalue weighted by Gasteiger charge is 2.12.